The molecule has 0 aliphatic carbocycles. The smallest absolute Gasteiger partial charge is 0.410 e. The van der Waals surface area contributed by atoms with Crippen molar-refractivity contribution in [1.29, 1.82) is 0 Å². The summed E-state index contributed by atoms with van der Waals surface area (Å²) in [4.78, 5) is 13.6. The minimum absolute atomic E-state index is 0.331. The molecule has 1 amide bonds. The lowest BCUT2D eigenvalue weighted by Crippen LogP contribution is -2.35. The molecule has 0 spiro atoms. The van der Waals surface area contributed by atoms with Crippen molar-refractivity contribution < 1.29 is 13.7 Å². The Hall–Kier alpha value is -1.17. The normalized spacial score (nSPS) is 18.5. The fourth-order valence-corrected chi connectivity index (χ4v) is 2.20. The standard InChI is InChI=1S/C15H26N2O3S/c1-11-9-17(13(18)20-14(2,3)4)10-12(11)8-16-21(19)15(5,6)7/h8H,9-10H2,1-7H3/b16-8+/t21-/m0/s1. The predicted molar refractivity (Wildman–Crippen MR) is 86.9 cm³/mol. The van der Waals surface area contributed by atoms with Crippen LogP contribution < -0.4 is 0 Å². The van der Waals surface area contributed by atoms with E-state index in [9.17, 15) is 9.00 Å². The Morgan fingerprint density at radius 2 is 1.81 bits per heavy atom. The molecular formula is C15H26N2O3S. The first-order valence-electron chi connectivity index (χ1n) is 7.03. The molecule has 0 fully saturated rings. The topological polar surface area (TPSA) is 59.0 Å². The van der Waals surface area contributed by atoms with E-state index in [1.165, 1.54) is 0 Å². The third kappa shape index (κ3) is 5.61. The molecule has 0 unspecified atom stereocenters. The molecule has 21 heavy (non-hydrogen) atoms. The number of carbonyl (C=O) groups is 1. The molecule has 0 aromatic rings. The lowest BCUT2D eigenvalue weighted by atomic mass is 10.2. The Balaban J connectivity index is 2.68. The van der Waals surface area contributed by atoms with Gasteiger partial charge in [-0.3, -0.25) is 4.90 Å². The van der Waals surface area contributed by atoms with E-state index in [1.54, 1.807) is 11.1 Å². The second-order valence-electron chi connectivity index (χ2n) is 7.24. The Labute approximate surface area is 130 Å². The van der Waals surface area contributed by atoms with Gasteiger partial charge in [-0.25, -0.2) is 9.00 Å². The van der Waals surface area contributed by atoms with E-state index >= 15 is 0 Å². The third-order valence-corrected chi connectivity index (χ3v) is 4.16. The number of amides is 1. The summed E-state index contributed by atoms with van der Waals surface area (Å²) in [7, 11) is -1.29. The number of hydrogen-bond donors (Lipinski definition) is 0. The Kier molecular flexibility index (Phi) is 5.36. The number of rotatable bonds is 2. The van der Waals surface area contributed by atoms with E-state index in [0.29, 0.717) is 13.1 Å². The Bertz CT molecular complexity index is 496. The highest BCUT2D eigenvalue weighted by molar-refractivity contribution is 7.85. The quantitative estimate of drug-likeness (QED) is 0.736. The van der Waals surface area contributed by atoms with Gasteiger partial charge < -0.3 is 4.74 Å². The van der Waals surface area contributed by atoms with Crippen LogP contribution in [0.5, 0.6) is 0 Å². The van der Waals surface area contributed by atoms with Gasteiger partial charge in [-0.15, -0.1) is 0 Å². The molecule has 0 saturated heterocycles. The highest BCUT2D eigenvalue weighted by Gasteiger charge is 2.27. The molecule has 1 rings (SSSR count). The largest absolute Gasteiger partial charge is 0.444 e. The predicted octanol–water partition coefficient (Wildman–Crippen LogP) is 3.09. The van der Waals surface area contributed by atoms with Gasteiger partial charge in [-0.2, -0.15) is 4.40 Å². The van der Waals surface area contributed by atoms with Gasteiger partial charge in [0.25, 0.3) is 0 Å². The van der Waals surface area contributed by atoms with Crippen molar-refractivity contribution in [2.45, 2.75) is 58.8 Å². The van der Waals surface area contributed by atoms with Crippen molar-refractivity contribution in [3.05, 3.63) is 11.1 Å². The first-order chi connectivity index (χ1) is 9.40. The zero-order chi connectivity index (χ0) is 16.4. The summed E-state index contributed by atoms with van der Waals surface area (Å²) in [5, 5.41) is 0. The molecule has 5 nitrogen and oxygen atoms in total. The first-order valence-corrected chi connectivity index (χ1v) is 8.13. The van der Waals surface area contributed by atoms with Crippen LogP contribution in [0.4, 0.5) is 4.79 Å². The lowest BCUT2D eigenvalue weighted by Gasteiger charge is -2.24. The van der Waals surface area contributed by atoms with Crippen molar-refractivity contribution in [2.75, 3.05) is 13.1 Å². The molecule has 0 saturated carbocycles. The minimum Gasteiger partial charge on any atom is -0.444 e. The maximum absolute atomic E-state index is 12.0. The third-order valence-electron chi connectivity index (χ3n) is 2.82. The summed E-state index contributed by atoms with van der Waals surface area (Å²) >= 11 is 0. The second kappa shape index (κ2) is 6.30. The molecule has 0 bridgehead atoms. The number of hydrogen-bond acceptors (Lipinski definition) is 3. The molecular weight excluding hydrogens is 288 g/mol. The monoisotopic (exact) mass is 314 g/mol. The van der Waals surface area contributed by atoms with Crippen LogP contribution in [0.15, 0.2) is 15.5 Å². The summed E-state index contributed by atoms with van der Waals surface area (Å²) in [5.74, 6) is 0. The second-order valence-corrected chi connectivity index (χ2v) is 9.17. The molecule has 0 aromatic heterocycles. The molecule has 0 N–H and O–H groups in total. The van der Waals surface area contributed by atoms with Crippen LogP contribution in [0.25, 0.3) is 0 Å². The van der Waals surface area contributed by atoms with Gasteiger partial charge in [0.1, 0.15) is 16.6 Å². The molecule has 1 atom stereocenters. The summed E-state index contributed by atoms with van der Waals surface area (Å²) < 4.78 is 21.0. The van der Waals surface area contributed by atoms with Gasteiger partial charge in [0.05, 0.1) is 11.3 Å². The molecule has 1 heterocycles. The SMILES string of the molecule is CC1=C(/C=N/[S@@](=O)C(C)(C)C)CN(C(=O)OC(C)(C)C)C1. The van der Waals surface area contributed by atoms with Crippen LogP contribution in [0.3, 0.4) is 0 Å². The number of nitrogens with zero attached hydrogens (tertiary/aromatic N) is 2. The van der Waals surface area contributed by atoms with E-state index in [2.05, 4.69) is 4.40 Å². The van der Waals surface area contributed by atoms with E-state index in [1.807, 2.05) is 48.5 Å². The molecule has 120 valence electrons. The van der Waals surface area contributed by atoms with Crippen molar-refractivity contribution in [2.24, 2.45) is 4.40 Å². The number of carbonyl (C=O) groups excluding carboxylic acids is 1. The van der Waals surface area contributed by atoms with Crippen molar-refractivity contribution in [1.82, 2.24) is 4.90 Å². The summed E-state index contributed by atoms with van der Waals surface area (Å²) in [6.07, 6.45) is 1.29. The maximum Gasteiger partial charge on any atom is 0.410 e. The fourth-order valence-electron chi connectivity index (χ4n) is 1.66. The molecule has 0 aromatic carbocycles. The first kappa shape index (κ1) is 17.9. The highest BCUT2D eigenvalue weighted by atomic mass is 32.2. The molecule has 6 heteroatoms. The van der Waals surface area contributed by atoms with E-state index in [-0.39, 0.29) is 10.8 Å². The van der Waals surface area contributed by atoms with Crippen LogP contribution >= 0.6 is 0 Å². The van der Waals surface area contributed by atoms with Gasteiger partial charge in [0, 0.05) is 12.8 Å². The van der Waals surface area contributed by atoms with Crippen LogP contribution in [-0.2, 0) is 15.7 Å². The molecule has 1 aliphatic rings. The van der Waals surface area contributed by atoms with Crippen molar-refractivity contribution >= 4 is 23.3 Å². The van der Waals surface area contributed by atoms with E-state index < -0.39 is 16.6 Å². The van der Waals surface area contributed by atoms with Crippen LogP contribution in [0.2, 0.25) is 0 Å². The van der Waals surface area contributed by atoms with Gasteiger partial charge in [0.2, 0.25) is 0 Å². The summed E-state index contributed by atoms with van der Waals surface area (Å²) in [6, 6.07) is 0. The van der Waals surface area contributed by atoms with Crippen LogP contribution in [0.1, 0.15) is 48.5 Å². The van der Waals surface area contributed by atoms with Crippen LogP contribution in [-0.4, -0.2) is 44.9 Å². The summed E-state index contributed by atoms with van der Waals surface area (Å²) in [6.45, 7) is 14.1. The van der Waals surface area contributed by atoms with Crippen molar-refractivity contribution in [3.63, 3.8) is 0 Å². The zero-order valence-electron chi connectivity index (χ0n) is 14.0. The fraction of sp³-hybridized carbons (Fsp3) is 0.733. The van der Waals surface area contributed by atoms with E-state index in [0.717, 1.165) is 11.1 Å². The van der Waals surface area contributed by atoms with Crippen molar-refractivity contribution in [3.8, 4) is 0 Å². The summed E-state index contributed by atoms with van der Waals surface area (Å²) in [5.41, 5.74) is 1.48. The van der Waals surface area contributed by atoms with Gasteiger partial charge in [0.15, 0.2) is 0 Å². The Morgan fingerprint density at radius 1 is 1.24 bits per heavy atom. The maximum atomic E-state index is 12.0. The highest BCUT2D eigenvalue weighted by Crippen LogP contribution is 2.20. The van der Waals surface area contributed by atoms with Gasteiger partial charge in [-0.1, -0.05) is 0 Å². The van der Waals surface area contributed by atoms with E-state index in [4.69, 9.17) is 4.74 Å². The molecule has 1 aliphatic heterocycles. The molecule has 0 radical (unpaired) electrons. The number of ether oxygens (including phenoxy) is 1. The average molecular weight is 314 g/mol. The van der Waals surface area contributed by atoms with Gasteiger partial charge >= 0.3 is 6.09 Å². The zero-order valence-corrected chi connectivity index (χ0v) is 14.8. The average Bonchev–Trinajstić information content (AvgIpc) is 2.64. The Morgan fingerprint density at radius 3 is 2.29 bits per heavy atom. The van der Waals surface area contributed by atoms with Crippen LogP contribution in [0, 0.1) is 0 Å². The lowest BCUT2D eigenvalue weighted by molar-refractivity contribution is 0.0300. The minimum atomic E-state index is -1.29. The van der Waals surface area contributed by atoms with Gasteiger partial charge in [-0.05, 0) is 59.6 Å².